The third kappa shape index (κ3) is 5.24. The number of morpholine rings is 1. The number of nitro groups is 1. The monoisotopic (exact) mass is 548 g/mol. The molecule has 3 aromatic rings. The Morgan fingerprint density at radius 2 is 1.84 bits per heavy atom. The van der Waals surface area contributed by atoms with E-state index in [9.17, 15) is 14.9 Å². The van der Waals surface area contributed by atoms with E-state index >= 15 is 0 Å². The maximum absolute atomic E-state index is 13.2. The lowest BCUT2D eigenvalue weighted by Gasteiger charge is -2.28. The van der Waals surface area contributed by atoms with E-state index in [0.717, 1.165) is 28.9 Å². The van der Waals surface area contributed by atoms with E-state index in [-0.39, 0.29) is 16.5 Å². The molecule has 0 aliphatic carbocycles. The molecule has 3 heterocycles. The molecular weight excluding hydrogens is 520 g/mol. The number of anilines is 1. The first-order chi connectivity index (χ1) is 18.3. The fourth-order valence-corrected chi connectivity index (χ4v) is 6.22. The van der Waals surface area contributed by atoms with Crippen molar-refractivity contribution in [2.75, 3.05) is 37.7 Å². The largest absolute Gasteiger partial charge is 0.378 e. The van der Waals surface area contributed by atoms with Crippen molar-refractivity contribution in [2.45, 2.75) is 20.3 Å². The molecule has 1 aromatic heterocycles. The van der Waals surface area contributed by atoms with E-state index < -0.39 is 0 Å². The first kappa shape index (κ1) is 26.1. The van der Waals surface area contributed by atoms with Crippen molar-refractivity contribution in [1.29, 1.82) is 0 Å². The van der Waals surface area contributed by atoms with E-state index in [0.29, 0.717) is 53.4 Å². The molecule has 1 amide bonds. The quantitative estimate of drug-likeness (QED) is 0.172. The highest BCUT2D eigenvalue weighted by atomic mass is 32.2. The van der Waals surface area contributed by atoms with Gasteiger partial charge in [-0.1, -0.05) is 54.3 Å². The normalized spacial score (nSPS) is 17.1. The van der Waals surface area contributed by atoms with Gasteiger partial charge in [-0.15, -0.1) is 0 Å². The Morgan fingerprint density at radius 1 is 1.11 bits per heavy atom. The Bertz CT molecular complexity index is 1430. The van der Waals surface area contributed by atoms with Crippen LogP contribution in [0.2, 0.25) is 0 Å². The van der Waals surface area contributed by atoms with Crippen molar-refractivity contribution >= 4 is 51.7 Å². The lowest BCUT2D eigenvalue weighted by atomic mass is 10.1. The molecule has 2 aliphatic rings. The average molecular weight is 549 g/mol. The zero-order valence-electron chi connectivity index (χ0n) is 21.3. The number of rotatable bonds is 7. The molecule has 2 fully saturated rings. The summed E-state index contributed by atoms with van der Waals surface area (Å²) in [5.41, 5.74) is 5.22. The Morgan fingerprint density at radius 3 is 2.55 bits per heavy atom. The summed E-state index contributed by atoms with van der Waals surface area (Å²) < 4.78 is 7.94. The first-order valence-corrected chi connectivity index (χ1v) is 13.7. The lowest BCUT2D eigenvalue weighted by molar-refractivity contribution is -0.384. The van der Waals surface area contributed by atoms with E-state index in [2.05, 4.69) is 0 Å². The number of nitro benzene ring substituents is 1. The van der Waals surface area contributed by atoms with Crippen molar-refractivity contribution in [2.24, 2.45) is 0 Å². The fourth-order valence-electron chi connectivity index (χ4n) is 4.92. The third-order valence-electron chi connectivity index (χ3n) is 6.86. The molecule has 10 heteroatoms. The number of carbonyl (C=O) groups is 1. The maximum atomic E-state index is 13.2. The van der Waals surface area contributed by atoms with Gasteiger partial charge < -0.3 is 14.2 Å². The number of aryl methyl sites for hydroxylation is 1. The van der Waals surface area contributed by atoms with Crippen molar-refractivity contribution < 1.29 is 14.5 Å². The molecule has 38 heavy (non-hydrogen) atoms. The number of benzene rings is 2. The molecule has 0 unspecified atom stereocenters. The standard InChI is InChI=1S/C28H28N4O4S2/c1-19-16-22(17-26-27(33)30(28(37)38-26)11-10-21-6-4-3-5-7-21)20(2)31(19)23-8-9-24(25(18-23)32(34)35)29-12-14-36-15-13-29/h3-9,16-18H,10-15H2,1-2H3/b26-17-. The van der Waals surface area contributed by atoms with Crippen LogP contribution in [-0.4, -0.2) is 57.5 Å². The maximum Gasteiger partial charge on any atom is 0.294 e. The second-order valence-electron chi connectivity index (χ2n) is 9.26. The summed E-state index contributed by atoms with van der Waals surface area (Å²) in [5, 5.41) is 12.0. The average Bonchev–Trinajstić information content (AvgIpc) is 3.36. The molecular formula is C28H28N4O4S2. The van der Waals surface area contributed by atoms with Gasteiger partial charge in [-0.2, -0.15) is 0 Å². The van der Waals surface area contributed by atoms with Gasteiger partial charge in [0.1, 0.15) is 10.0 Å². The van der Waals surface area contributed by atoms with Gasteiger partial charge >= 0.3 is 0 Å². The number of nitrogens with zero attached hydrogens (tertiary/aromatic N) is 4. The number of thioether (sulfide) groups is 1. The smallest absolute Gasteiger partial charge is 0.294 e. The molecule has 0 spiro atoms. The van der Waals surface area contributed by atoms with Gasteiger partial charge in [0.2, 0.25) is 0 Å². The first-order valence-electron chi connectivity index (χ1n) is 12.4. The molecule has 0 bridgehead atoms. The van der Waals surface area contributed by atoms with Crippen LogP contribution in [0, 0.1) is 24.0 Å². The van der Waals surface area contributed by atoms with Crippen LogP contribution < -0.4 is 4.90 Å². The summed E-state index contributed by atoms with van der Waals surface area (Å²) in [4.78, 5) is 29.0. The topological polar surface area (TPSA) is 80.9 Å². The lowest BCUT2D eigenvalue weighted by Crippen LogP contribution is -2.36. The minimum absolute atomic E-state index is 0.0673. The highest BCUT2D eigenvalue weighted by Crippen LogP contribution is 2.36. The van der Waals surface area contributed by atoms with Crippen LogP contribution in [0.3, 0.4) is 0 Å². The Balaban J connectivity index is 1.40. The summed E-state index contributed by atoms with van der Waals surface area (Å²) in [6, 6.07) is 17.4. The summed E-state index contributed by atoms with van der Waals surface area (Å²) in [6.45, 7) is 6.79. The number of hydrogen-bond donors (Lipinski definition) is 0. The summed E-state index contributed by atoms with van der Waals surface area (Å²) in [7, 11) is 0. The Kier molecular flexibility index (Phi) is 7.64. The van der Waals surface area contributed by atoms with Crippen LogP contribution in [0.15, 0.2) is 59.5 Å². The predicted molar refractivity (Wildman–Crippen MR) is 155 cm³/mol. The van der Waals surface area contributed by atoms with Crippen LogP contribution in [0.1, 0.15) is 22.5 Å². The molecule has 0 radical (unpaired) electrons. The van der Waals surface area contributed by atoms with Crippen molar-refractivity contribution in [3.05, 3.63) is 92.1 Å². The highest BCUT2D eigenvalue weighted by Gasteiger charge is 2.32. The number of carbonyl (C=O) groups excluding carboxylic acids is 1. The zero-order valence-corrected chi connectivity index (χ0v) is 22.9. The predicted octanol–water partition coefficient (Wildman–Crippen LogP) is 5.28. The fraction of sp³-hybridized carbons (Fsp3) is 0.286. The Labute approximate surface area is 231 Å². The molecule has 8 nitrogen and oxygen atoms in total. The van der Waals surface area contributed by atoms with Gasteiger partial charge in [0.15, 0.2) is 0 Å². The molecule has 196 valence electrons. The Hall–Kier alpha value is -3.47. The van der Waals surface area contributed by atoms with E-state index in [1.165, 1.54) is 11.8 Å². The van der Waals surface area contributed by atoms with Crippen LogP contribution in [0.25, 0.3) is 11.8 Å². The zero-order chi connectivity index (χ0) is 26.8. The van der Waals surface area contributed by atoms with E-state index in [1.807, 2.05) is 77.9 Å². The molecule has 5 rings (SSSR count). The third-order valence-corrected chi connectivity index (χ3v) is 8.24. The molecule has 2 aliphatic heterocycles. The number of hydrogen-bond acceptors (Lipinski definition) is 7. The SMILES string of the molecule is Cc1cc(/C=C2\SC(=S)N(CCc3ccccc3)C2=O)c(C)n1-c1ccc(N2CCOCC2)c([N+](=O)[O-])c1. The van der Waals surface area contributed by atoms with Crippen molar-refractivity contribution in [1.82, 2.24) is 9.47 Å². The molecule has 0 N–H and O–H groups in total. The van der Waals surface area contributed by atoms with Crippen LogP contribution >= 0.6 is 24.0 Å². The minimum atomic E-state index is -0.329. The van der Waals surface area contributed by atoms with E-state index in [4.69, 9.17) is 17.0 Å². The number of aromatic nitrogens is 1. The van der Waals surface area contributed by atoms with Crippen molar-refractivity contribution in [3.8, 4) is 5.69 Å². The van der Waals surface area contributed by atoms with Crippen molar-refractivity contribution in [3.63, 3.8) is 0 Å². The summed E-state index contributed by atoms with van der Waals surface area (Å²) >= 11 is 6.83. The summed E-state index contributed by atoms with van der Waals surface area (Å²) in [5.74, 6) is -0.0914. The number of amides is 1. The van der Waals surface area contributed by atoms with Crippen LogP contribution in [0.5, 0.6) is 0 Å². The number of ether oxygens (including phenoxy) is 1. The van der Waals surface area contributed by atoms with Gasteiger partial charge in [0, 0.05) is 37.1 Å². The molecule has 2 saturated heterocycles. The van der Waals surface area contributed by atoms with Gasteiger partial charge in [-0.3, -0.25) is 19.8 Å². The van der Waals surface area contributed by atoms with Crippen LogP contribution in [0.4, 0.5) is 11.4 Å². The summed E-state index contributed by atoms with van der Waals surface area (Å²) in [6.07, 6.45) is 2.60. The molecule has 2 aromatic carbocycles. The second kappa shape index (κ2) is 11.1. The van der Waals surface area contributed by atoms with Gasteiger partial charge in [0.05, 0.1) is 28.7 Å². The minimum Gasteiger partial charge on any atom is -0.378 e. The molecule has 0 atom stereocenters. The van der Waals surface area contributed by atoms with Gasteiger partial charge in [-0.05, 0) is 55.7 Å². The van der Waals surface area contributed by atoms with Gasteiger partial charge in [0.25, 0.3) is 11.6 Å². The van der Waals surface area contributed by atoms with Crippen LogP contribution in [-0.2, 0) is 16.0 Å². The number of thiocarbonyl (C=S) groups is 1. The van der Waals surface area contributed by atoms with E-state index in [1.54, 1.807) is 11.0 Å². The second-order valence-corrected chi connectivity index (χ2v) is 10.9. The van der Waals surface area contributed by atoms with Gasteiger partial charge in [-0.25, -0.2) is 0 Å². The molecule has 0 saturated carbocycles. The highest BCUT2D eigenvalue weighted by molar-refractivity contribution is 8.26.